The van der Waals surface area contributed by atoms with Gasteiger partial charge in [0.25, 0.3) is 0 Å². The van der Waals surface area contributed by atoms with E-state index in [1.165, 1.54) is 93.0 Å². The van der Waals surface area contributed by atoms with Gasteiger partial charge in [0.15, 0.2) is 0 Å². The van der Waals surface area contributed by atoms with Crippen molar-refractivity contribution in [3.8, 4) is 44.5 Å². The molecule has 0 aliphatic heterocycles. The van der Waals surface area contributed by atoms with Crippen LogP contribution in [0, 0.1) is 0 Å². The van der Waals surface area contributed by atoms with E-state index in [2.05, 4.69) is 194 Å². The van der Waals surface area contributed by atoms with Crippen LogP contribution >= 0.6 is 0 Å². The van der Waals surface area contributed by atoms with Crippen molar-refractivity contribution in [3.05, 3.63) is 194 Å². The van der Waals surface area contributed by atoms with Crippen molar-refractivity contribution < 1.29 is 4.42 Å². The van der Waals surface area contributed by atoms with Crippen molar-refractivity contribution in [2.75, 3.05) is 0 Å². The number of hydrogen-bond donors (Lipinski definition) is 0. The first-order chi connectivity index (χ1) is 26.3. The van der Waals surface area contributed by atoms with E-state index >= 15 is 0 Å². The summed E-state index contributed by atoms with van der Waals surface area (Å²) in [6.45, 7) is 0. The molecule has 0 N–H and O–H groups in total. The van der Waals surface area contributed by atoms with Crippen LogP contribution in [0.15, 0.2) is 199 Å². The van der Waals surface area contributed by atoms with Gasteiger partial charge in [-0.15, -0.1) is 0 Å². The highest BCUT2D eigenvalue weighted by Crippen LogP contribution is 2.45. The molecule has 0 unspecified atom stereocenters. The van der Waals surface area contributed by atoms with E-state index in [0.29, 0.717) is 0 Å². The summed E-state index contributed by atoms with van der Waals surface area (Å²) in [6.07, 6.45) is 0. The van der Waals surface area contributed by atoms with E-state index in [4.69, 9.17) is 4.42 Å². The van der Waals surface area contributed by atoms with Gasteiger partial charge in [0.2, 0.25) is 0 Å². The zero-order valence-electron chi connectivity index (χ0n) is 28.9. The monoisotopic (exact) mass is 672 g/mol. The highest BCUT2D eigenvalue weighted by atomic mass is 16.3. The normalized spacial score (nSPS) is 11.8. The van der Waals surface area contributed by atoms with E-state index < -0.39 is 0 Å². The SMILES string of the molecule is c1cc(-c2ccc3oc4ccc5ccccc5c4c3c2)cc(-c2c3ccccc3c(-c3ccc(-c4cccc5ccccc45)cc3)c3ccccc23)c1. The van der Waals surface area contributed by atoms with Gasteiger partial charge >= 0.3 is 0 Å². The maximum atomic E-state index is 6.33. The van der Waals surface area contributed by atoms with Crippen LogP contribution in [-0.2, 0) is 0 Å². The summed E-state index contributed by atoms with van der Waals surface area (Å²) in [6, 6.07) is 70.6. The van der Waals surface area contributed by atoms with Crippen LogP contribution in [-0.4, -0.2) is 0 Å². The van der Waals surface area contributed by atoms with Crippen LogP contribution in [0.25, 0.3) is 110 Å². The van der Waals surface area contributed by atoms with Gasteiger partial charge < -0.3 is 4.42 Å². The Bertz CT molecular complexity index is 3150. The minimum absolute atomic E-state index is 0.911. The fraction of sp³-hybridized carbons (Fsp3) is 0. The smallest absolute Gasteiger partial charge is 0.136 e. The Morgan fingerprint density at radius 2 is 0.755 bits per heavy atom. The van der Waals surface area contributed by atoms with Gasteiger partial charge in [-0.25, -0.2) is 0 Å². The largest absolute Gasteiger partial charge is 0.456 e. The molecule has 0 spiro atoms. The number of fused-ring (bicyclic) bond motifs is 8. The van der Waals surface area contributed by atoms with E-state index in [1.807, 2.05) is 0 Å². The molecule has 0 saturated heterocycles. The van der Waals surface area contributed by atoms with Gasteiger partial charge in [0.1, 0.15) is 11.2 Å². The second-order valence-corrected chi connectivity index (χ2v) is 14.0. The predicted octanol–water partition coefficient (Wildman–Crippen LogP) is 14.9. The molecule has 0 atom stereocenters. The molecule has 53 heavy (non-hydrogen) atoms. The molecule has 0 bridgehead atoms. The predicted molar refractivity (Wildman–Crippen MR) is 225 cm³/mol. The van der Waals surface area contributed by atoms with E-state index in [9.17, 15) is 0 Å². The van der Waals surface area contributed by atoms with Crippen molar-refractivity contribution in [1.82, 2.24) is 0 Å². The summed E-state index contributed by atoms with van der Waals surface area (Å²) in [7, 11) is 0. The Morgan fingerprint density at radius 1 is 0.264 bits per heavy atom. The summed E-state index contributed by atoms with van der Waals surface area (Å²) < 4.78 is 6.33. The Kier molecular flexibility index (Phi) is 6.62. The van der Waals surface area contributed by atoms with E-state index in [-0.39, 0.29) is 0 Å². The van der Waals surface area contributed by atoms with E-state index in [1.54, 1.807) is 0 Å². The third-order valence-corrected chi connectivity index (χ3v) is 11.0. The summed E-state index contributed by atoms with van der Waals surface area (Å²) >= 11 is 0. The molecule has 1 aromatic heterocycles. The van der Waals surface area contributed by atoms with Gasteiger partial charge in [-0.05, 0) is 112 Å². The maximum absolute atomic E-state index is 6.33. The molecule has 0 amide bonds. The average molecular weight is 673 g/mol. The Balaban J connectivity index is 1.07. The van der Waals surface area contributed by atoms with Crippen LogP contribution in [0.2, 0.25) is 0 Å². The Labute approximate surface area is 307 Å². The molecule has 0 aliphatic carbocycles. The summed E-state index contributed by atoms with van der Waals surface area (Å²) in [5.41, 5.74) is 11.6. The molecule has 11 aromatic rings. The Hall–Kier alpha value is -6.96. The first kappa shape index (κ1) is 29.7. The lowest BCUT2D eigenvalue weighted by molar-refractivity contribution is 0.669. The second-order valence-electron chi connectivity index (χ2n) is 14.0. The molecule has 1 heterocycles. The molecule has 10 aromatic carbocycles. The number of benzene rings is 10. The summed E-state index contributed by atoms with van der Waals surface area (Å²) in [5, 5.41) is 12.3. The highest BCUT2D eigenvalue weighted by molar-refractivity contribution is 6.22. The fourth-order valence-electron chi connectivity index (χ4n) is 8.63. The minimum atomic E-state index is 0.911. The molecular weight excluding hydrogens is 641 g/mol. The van der Waals surface area contributed by atoms with Gasteiger partial charge in [0.05, 0.1) is 0 Å². The van der Waals surface area contributed by atoms with Gasteiger partial charge in [-0.2, -0.15) is 0 Å². The zero-order valence-corrected chi connectivity index (χ0v) is 28.9. The lowest BCUT2D eigenvalue weighted by Gasteiger charge is -2.18. The molecule has 246 valence electrons. The first-order valence-electron chi connectivity index (χ1n) is 18.3. The first-order valence-corrected chi connectivity index (χ1v) is 18.3. The van der Waals surface area contributed by atoms with Crippen LogP contribution in [0.1, 0.15) is 0 Å². The molecule has 1 heteroatoms. The topological polar surface area (TPSA) is 13.1 Å². The standard InChI is InChI=1S/C52H32O/c1-3-16-40-33(11-1)13-10-22-41(40)35-23-25-36(26-24-35)50-43-18-5-7-20-45(43)51(46-21-8-6-19-44(46)50)39-15-9-14-37(31-39)38-28-29-48-47(32-38)52-42-17-4-2-12-34(42)27-30-49(52)53-48/h1-32H. The summed E-state index contributed by atoms with van der Waals surface area (Å²) in [5.74, 6) is 0. The lowest BCUT2D eigenvalue weighted by atomic mass is 9.85. The van der Waals surface area contributed by atoms with Crippen molar-refractivity contribution in [2.45, 2.75) is 0 Å². The third-order valence-electron chi connectivity index (χ3n) is 11.0. The van der Waals surface area contributed by atoms with Crippen molar-refractivity contribution in [1.29, 1.82) is 0 Å². The van der Waals surface area contributed by atoms with Crippen molar-refractivity contribution in [3.63, 3.8) is 0 Å². The summed E-state index contributed by atoms with van der Waals surface area (Å²) in [4.78, 5) is 0. The highest BCUT2D eigenvalue weighted by Gasteiger charge is 2.18. The molecular formula is C52H32O. The van der Waals surface area contributed by atoms with Gasteiger partial charge in [-0.1, -0.05) is 170 Å². The van der Waals surface area contributed by atoms with Crippen LogP contribution < -0.4 is 0 Å². The van der Waals surface area contributed by atoms with Crippen LogP contribution in [0.4, 0.5) is 0 Å². The molecule has 0 radical (unpaired) electrons. The quantitative estimate of drug-likeness (QED) is 0.170. The average Bonchev–Trinajstić information content (AvgIpc) is 3.61. The van der Waals surface area contributed by atoms with E-state index in [0.717, 1.165) is 16.6 Å². The molecule has 0 aliphatic rings. The lowest BCUT2D eigenvalue weighted by Crippen LogP contribution is -1.91. The number of furan rings is 1. The number of rotatable bonds is 4. The molecule has 11 rings (SSSR count). The third kappa shape index (κ3) is 4.71. The number of hydrogen-bond acceptors (Lipinski definition) is 1. The molecule has 0 fully saturated rings. The Morgan fingerprint density at radius 3 is 1.47 bits per heavy atom. The van der Waals surface area contributed by atoms with Crippen molar-refractivity contribution in [2.24, 2.45) is 0 Å². The minimum Gasteiger partial charge on any atom is -0.456 e. The molecule has 0 saturated carbocycles. The zero-order chi connectivity index (χ0) is 34.9. The second kappa shape index (κ2) is 11.8. The van der Waals surface area contributed by atoms with Crippen LogP contribution in [0.3, 0.4) is 0 Å². The van der Waals surface area contributed by atoms with Crippen molar-refractivity contribution >= 4 is 65.0 Å². The van der Waals surface area contributed by atoms with Gasteiger partial charge in [-0.3, -0.25) is 0 Å². The van der Waals surface area contributed by atoms with Crippen LogP contribution in [0.5, 0.6) is 0 Å². The van der Waals surface area contributed by atoms with Gasteiger partial charge in [0, 0.05) is 10.8 Å². The fourth-order valence-corrected chi connectivity index (χ4v) is 8.63. The molecule has 1 nitrogen and oxygen atoms in total. The maximum Gasteiger partial charge on any atom is 0.136 e.